The lowest BCUT2D eigenvalue weighted by molar-refractivity contribution is -0.137. The molecule has 0 heterocycles. The van der Waals surface area contributed by atoms with Gasteiger partial charge in [0.15, 0.2) is 0 Å². The van der Waals surface area contributed by atoms with Crippen LogP contribution in [-0.2, 0) is 14.3 Å². The zero-order valence-electron chi connectivity index (χ0n) is 9.56. The Kier molecular flexibility index (Phi) is 4.84. The molecule has 0 bridgehead atoms. The molecular formula is C11H13NO4S. The average Bonchev–Trinajstić information content (AvgIpc) is 2.36. The molecule has 0 aliphatic carbocycles. The van der Waals surface area contributed by atoms with Crippen molar-refractivity contribution in [2.75, 3.05) is 25.7 Å². The number of anilines is 1. The van der Waals surface area contributed by atoms with Gasteiger partial charge in [-0.25, -0.2) is 4.79 Å². The van der Waals surface area contributed by atoms with Crippen molar-refractivity contribution in [2.24, 2.45) is 0 Å². The van der Waals surface area contributed by atoms with Gasteiger partial charge in [0.1, 0.15) is 0 Å². The maximum Gasteiger partial charge on any atom is 0.339 e. The molecule has 92 valence electrons. The number of methoxy groups -OCH3 is 2. The van der Waals surface area contributed by atoms with Crippen molar-refractivity contribution in [3.63, 3.8) is 0 Å². The zero-order chi connectivity index (χ0) is 12.8. The van der Waals surface area contributed by atoms with E-state index in [2.05, 4.69) is 9.47 Å². The van der Waals surface area contributed by atoms with Crippen LogP contribution in [0.2, 0.25) is 0 Å². The van der Waals surface area contributed by atoms with Crippen LogP contribution in [0.5, 0.6) is 0 Å². The van der Waals surface area contributed by atoms with Gasteiger partial charge >= 0.3 is 11.9 Å². The molecule has 0 saturated heterocycles. The van der Waals surface area contributed by atoms with Gasteiger partial charge in [-0.05, 0) is 12.1 Å². The molecule has 2 N–H and O–H groups in total. The van der Waals surface area contributed by atoms with E-state index < -0.39 is 5.97 Å². The summed E-state index contributed by atoms with van der Waals surface area (Å²) in [5.74, 6) is -0.702. The first-order valence-corrected chi connectivity index (χ1v) is 5.75. The van der Waals surface area contributed by atoms with Crippen molar-refractivity contribution < 1.29 is 19.1 Å². The van der Waals surface area contributed by atoms with Crippen LogP contribution >= 0.6 is 11.8 Å². The number of benzene rings is 1. The molecule has 0 saturated carbocycles. The van der Waals surface area contributed by atoms with E-state index in [1.54, 1.807) is 18.2 Å². The maximum absolute atomic E-state index is 11.4. The summed E-state index contributed by atoms with van der Waals surface area (Å²) in [6.45, 7) is 0. The smallest absolute Gasteiger partial charge is 0.339 e. The summed E-state index contributed by atoms with van der Waals surface area (Å²) < 4.78 is 9.12. The molecule has 0 aromatic heterocycles. The van der Waals surface area contributed by atoms with E-state index in [9.17, 15) is 9.59 Å². The second-order valence-corrected chi connectivity index (χ2v) is 4.09. The average molecular weight is 255 g/mol. The Bertz CT molecular complexity index is 433. The van der Waals surface area contributed by atoms with Gasteiger partial charge in [0.05, 0.1) is 31.2 Å². The Balaban J connectivity index is 2.87. The summed E-state index contributed by atoms with van der Waals surface area (Å²) >= 11 is 1.21. The fraction of sp³-hybridized carbons (Fsp3) is 0.273. The molecule has 1 aromatic rings. The van der Waals surface area contributed by atoms with Crippen molar-refractivity contribution >= 4 is 29.4 Å². The van der Waals surface area contributed by atoms with Crippen LogP contribution < -0.4 is 5.73 Å². The normalized spacial score (nSPS) is 9.76. The fourth-order valence-electron chi connectivity index (χ4n) is 1.15. The molecule has 0 radical (unpaired) electrons. The van der Waals surface area contributed by atoms with Gasteiger partial charge in [0.2, 0.25) is 0 Å². The van der Waals surface area contributed by atoms with Gasteiger partial charge in [-0.3, -0.25) is 4.79 Å². The third-order valence-electron chi connectivity index (χ3n) is 2.04. The number of para-hydroxylation sites is 1. The molecule has 0 unspecified atom stereocenters. The third-order valence-corrected chi connectivity index (χ3v) is 3.09. The van der Waals surface area contributed by atoms with E-state index in [-0.39, 0.29) is 11.7 Å². The van der Waals surface area contributed by atoms with Crippen molar-refractivity contribution in [1.82, 2.24) is 0 Å². The lowest BCUT2D eigenvalue weighted by atomic mass is 10.2. The van der Waals surface area contributed by atoms with Gasteiger partial charge in [-0.2, -0.15) is 0 Å². The fourth-order valence-corrected chi connectivity index (χ4v) is 1.98. The number of hydrogen-bond donors (Lipinski definition) is 1. The number of hydrogen-bond acceptors (Lipinski definition) is 6. The largest absolute Gasteiger partial charge is 0.468 e. The van der Waals surface area contributed by atoms with Crippen LogP contribution in [0.15, 0.2) is 23.1 Å². The number of rotatable bonds is 4. The Morgan fingerprint density at radius 1 is 1.29 bits per heavy atom. The lowest BCUT2D eigenvalue weighted by Crippen LogP contribution is -2.07. The summed E-state index contributed by atoms with van der Waals surface area (Å²) in [5.41, 5.74) is 6.42. The second kappa shape index (κ2) is 6.15. The Morgan fingerprint density at radius 2 is 2.00 bits per heavy atom. The molecule has 6 heteroatoms. The summed E-state index contributed by atoms with van der Waals surface area (Å²) in [6.07, 6.45) is 0. The first-order chi connectivity index (χ1) is 8.10. The second-order valence-electron chi connectivity index (χ2n) is 3.07. The number of carbonyl (C=O) groups excluding carboxylic acids is 2. The Hall–Kier alpha value is -1.69. The van der Waals surface area contributed by atoms with Crippen molar-refractivity contribution in [1.29, 1.82) is 0 Å². The van der Waals surface area contributed by atoms with Crippen LogP contribution in [0.25, 0.3) is 0 Å². The number of ether oxygens (including phenoxy) is 2. The van der Waals surface area contributed by atoms with Gasteiger partial charge in [-0.1, -0.05) is 6.07 Å². The molecule has 17 heavy (non-hydrogen) atoms. The molecule has 0 atom stereocenters. The molecule has 1 rings (SSSR count). The molecule has 0 aliphatic rings. The molecule has 0 amide bonds. The highest BCUT2D eigenvalue weighted by Crippen LogP contribution is 2.28. The van der Waals surface area contributed by atoms with E-state index in [1.807, 2.05) is 0 Å². The van der Waals surface area contributed by atoms with Crippen LogP contribution in [0, 0.1) is 0 Å². The van der Waals surface area contributed by atoms with Gasteiger partial charge in [0.25, 0.3) is 0 Å². The highest BCUT2D eigenvalue weighted by atomic mass is 32.2. The van der Waals surface area contributed by atoms with Crippen LogP contribution in [0.3, 0.4) is 0 Å². The van der Waals surface area contributed by atoms with Crippen LogP contribution in [0.1, 0.15) is 10.4 Å². The van der Waals surface area contributed by atoms with Crippen LogP contribution in [-0.4, -0.2) is 31.9 Å². The minimum absolute atomic E-state index is 0.144. The van der Waals surface area contributed by atoms with E-state index in [0.717, 1.165) is 0 Å². The lowest BCUT2D eigenvalue weighted by Gasteiger charge is -2.08. The van der Waals surface area contributed by atoms with Crippen molar-refractivity contribution in [2.45, 2.75) is 4.90 Å². The van der Waals surface area contributed by atoms with E-state index >= 15 is 0 Å². The first kappa shape index (κ1) is 13.4. The molecular weight excluding hydrogens is 242 g/mol. The third kappa shape index (κ3) is 3.39. The Labute approximate surface area is 103 Å². The standard InChI is InChI=1S/C11H13NO4S/c1-15-9(13)6-17-8-5-3-4-7(10(8)12)11(14)16-2/h3-5H,6,12H2,1-2H3. The highest BCUT2D eigenvalue weighted by molar-refractivity contribution is 8.00. The monoisotopic (exact) mass is 255 g/mol. The number of thioether (sulfide) groups is 1. The van der Waals surface area contributed by atoms with E-state index in [0.29, 0.717) is 16.1 Å². The minimum Gasteiger partial charge on any atom is -0.468 e. The first-order valence-electron chi connectivity index (χ1n) is 4.76. The number of nitrogens with two attached hydrogens (primary N) is 1. The van der Waals surface area contributed by atoms with E-state index in [1.165, 1.54) is 26.0 Å². The maximum atomic E-state index is 11.4. The zero-order valence-corrected chi connectivity index (χ0v) is 10.4. The van der Waals surface area contributed by atoms with Crippen LogP contribution in [0.4, 0.5) is 5.69 Å². The topological polar surface area (TPSA) is 78.6 Å². The van der Waals surface area contributed by atoms with Gasteiger partial charge < -0.3 is 15.2 Å². The minimum atomic E-state index is -0.497. The Morgan fingerprint density at radius 3 is 2.59 bits per heavy atom. The van der Waals surface area contributed by atoms with Crippen molar-refractivity contribution in [3.05, 3.63) is 23.8 Å². The van der Waals surface area contributed by atoms with E-state index in [4.69, 9.17) is 5.73 Å². The summed E-state index contributed by atoms with van der Waals surface area (Å²) in [7, 11) is 2.60. The molecule has 0 fully saturated rings. The predicted molar refractivity (Wildman–Crippen MR) is 64.9 cm³/mol. The van der Waals surface area contributed by atoms with Crippen molar-refractivity contribution in [3.8, 4) is 0 Å². The predicted octanol–water partition coefficient (Wildman–Crippen LogP) is 1.32. The quantitative estimate of drug-likeness (QED) is 0.496. The van der Waals surface area contributed by atoms with Gasteiger partial charge in [-0.15, -0.1) is 11.8 Å². The number of carbonyl (C=O) groups is 2. The van der Waals surface area contributed by atoms with Gasteiger partial charge in [0, 0.05) is 4.90 Å². The SMILES string of the molecule is COC(=O)CSc1cccc(C(=O)OC)c1N. The summed E-state index contributed by atoms with van der Waals surface area (Å²) in [5, 5.41) is 0. The number of esters is 2. The molecule has 0 spiro atoms. The highest BCUT2D eigenvalue weighted by Gasteiger charge is 2.13. The number of nitrogen functional groups attached to an aromatic ring is 1. The summed E-state index contributed by atoms with van der Waals surface area (Å²) in [4.78, 5) is 23.0. The molecule has 0 aliphatic heterocycles. The molecule has 1 aromatic carbocycles. The summed E-state index contributed by atoms with van der Waals surface area (Å²) in [6, 6.07) is 4.99. The molecule has 5 nitrogen and oxygen atoms in total.